The van der Waals surface area contributed by atoms with E-state index in [2.05, 4.69) is 20.9 Å². The van der Waals surface area contributed by atoms with Crippen LogP contribution in [0.15, 0.2) is 16.7 Å². The van der Waals surface area contributed by atoms with Crippen LogP contribution in [0.1, 0.15) is 5.56 Å². The smallest absolute Gasteiger partial charge is 0.149 e. The van der Waals surface area contributed by atoms with Gasteiger partial charge < -0.3 is 4.90 Å². The van der Waals surface area contributed by atoms with Crippen LogP contribution in [0.2, 0.25) is 0 Å². The monoisotopic (exact) mass is 306 g/mol. The van der Waals surface area contributed by atoms with Gasteiger partial charge >= 0.3 is 0 Å². The van der Waals surface area contributed by atoms with Gasteiger partial charge in [-0.2, -0.15) is 0 Å². The summed E-state index contributed by atoms with van der Waals surface area (Å²) in [6, 6.07) is 1.96. The summed E-state index contributed by atoms with van der Waals surface area (Å²) in [5, 5.41) is 0. The largest absolute Gasteiger partial charge is 0.358 e. The number of hydrogen-bond acceptors (Lipinski definition) is 4. The Morgan fingerprint density at radius 1 is 1.50 bits per heavy atom. The van der Waals surface area contributed by atoms with Gasteiger partial charge in [0.2, 0.25) is 0 Å². The molecular weight excluding hydrogens is 292 g/mol. The molecule has 90 valence electrons. The van der Waals surface area contributed by atoms with Gasteiger partial charge in [0.25, 0.3) is 0 Å². The molecule has 1 aromatic rings. The molecule has 4 nitrogen and oxygen atoms in total. The molecule has 0 bridgehead atoms. The Labute approximate surface area is 105 Å². The van der Waals surface area contributed by atoms with Crippen molar-refractivity contribution >= 4 is 31.6 Å². The number of aryl methyl sites for hydroxylation is 1. The summed E-state index contributed by atoms with van der Waals surface area (Å²) < 4.78 is 23.0. The van der Waals surface area contributed by atoms with Crippen LogP contribution in [0, 0.1) is 6.92 Å². The molecule has 6 heteroatoms. The lowest BCUT2D eigenvalue weighted by molar-refractivity contribution is 0.601. The standard InChI is InChI=1S/C10H15BrN2O2S/c1-8-6-9(11)7-12-10(8)13(2)4-5-16(3,14)15/h6-7H,4-5H2,1-3H3. The van der Waals surface area contributed by atoms with E-state index in [1.54, 1.807) is 6.20 Å². The van der Waals surface area contributed by atoms with Crippen molar-refractivity contribution in [3.63, 3.8) is 0 Å². The van der Waals surface area contributed by atoms with Crippen molar-refractivity contribution in [3.05, 3.63) is 22.3 Å². The predicted octanol–water partition coefficient (Wildman–Crippen LogP) is 1.63. The minimum Gasteiger partial charge on any atom is -0.358 e. The topological polar surface area (TPSA) is 50.3 Å². The van der Waals surface area contributed by atoms with Gasteiger partial charge in [0.1, 0.15) is 15.7 Å². The van der Waals surface area contributed by atoms with E-state index in [1.165, 1.54) is 6.26 Å². The molecule has 1 heterocycles. The average molecular weight is 307 g/mol. The van der Waals surface area contributed by atoms with Gasteiger partial charge in [0.05, 0.1) is 5.75 Å². The van der Waals surface area contributed by atoms with Crippen LogP contribution < -0.4 is 4.90 Å². The zero-order chi connectivity index (χ0) is 12.3. The maximum absolute atomic E-state index is 11.1. The number of nitrogens with zero attached hydrogens (tertiary/aromatic N) is 2. The maximum atomic E-state index is 11.1. The molecule has 1 aromatic heterocycles. The molecule has 1 rings (SSSR count). The molecule has 0 aliphatic heterocycles. The first kappa shape index (κ1) is 13.4. The van der Waals surface area contributed by atoms with Crippen molar-refractivity contribution in [2.75, 3.05) is 30.5 Å². The normalized spacial score (nSPS) is 11.5. The van der Waals surface area contributed by atoms with Crippen LogP contribution in [-0.2, 0) is 9.84 Å². The number of halogens is 1. The molecule has 0 amide bonds. The highest BCUT2D eigenvalue weighted by atomic mass is 79.9. The van der Waals surface area contributed by atoms with Crippen molar-refractivity contribution in [1.29, 1.82) is 0 Å². The Balaban J connectivity index is 2.77. The zero-order valence-electron chi connectivity index (χ0n) is 9.57. The SMILES string of the molecule is Cc1cc(Br)cnc1N(C)CCS(C)(=O)=O. The van der Waals surface area contributed by atoms with E-state index in [1.807, 2.05) is 24.9 Å². The second kappa shape index (κ2) is 5.14. The van der Waals surface area contributed by atoms with Gasteiger partial charge in [-0.1, -0.05) is 0 Å². The molecule has 0 atom stereocenters. The summed E-state index contributed by atoms with van der Waals surface area (Å²) in [6.07, 6.45) is 2.95. The highest BCUT2D eigenvalue weighted by Crippen LogP contribution is 2.19. The number of anilines is 1. The van der Waals surface area contributed by atoms with Crippen molar-refractivity contribution in [2.45, 2.75) is 6.92 Å². The van der Waals surface area contributed by atoms with E-state index in [0.717, 1.165) is 15.9 Å². The Bertz CT molecular complexity index is 474. The quantitative estimate of drug-likeness (QED) is 0.848. The average Bonchev–Trinajstić information content (AvgIpc) is 2.13. The minimum absolute atomic E-state index is 0.140. The predicted molar refractivity (Wildman–Crippen MR) is 69.7 cm³/mol. The summed E-state index contributed by atoms with van der Waals surface area (Å²) in [7, 11) is -1.09. The molecule has 0 N–H and O–H groups in total. The molecule has 0 aromatic carbocycles. The molecule has 0 aliphatic carbocycles. The molecule has 0 fully saturated rings. The van der Waals surface area contributed by atoms with Crippen LogP contribution in [0.25, 0.3) is 0 Å². The Kier molecular flexibility index (Phi) is 4.32. The van der Waals surface area contributed by atoms with Gasteiger partial charge in [0, 0.05) is 30.5 Å². The number of pyridine rings is 1. The zero-order valence-corrected chi connectivity index (χ0v) is 12.0. The fraction of sp³-hybridized carbons (Fsp3) is 0.500. The summed E-state index contributed by atoms with van der Waals surface area (Å²) in [5.41, 5.74) is 1.02. The lowest BCUT2D eigenvalue weighted by Gasteiger charge is -2.19. The number of aromatic nitrogens is 1. The third-order valence-corrected chi connectivity index (χ3v) is 3.53. The van der Waals surface area contributed by atoms with Crippen molar-refractivity contribution in [1.82, 2.24) is 4.98 Å². The summed E-state index contributed by atoms with van der Waals surface area (Å²) in [6.45, 7) is 2.40. The van der Waals surface area contributed by atoms with Gasteiger partial charge in [-0.05, 0) is 34.5 Å². The van der Waals surface area contributed by atoms with E-state index in [9.17, 15) is 8.42 Å². The Morgan fingerprint density at radius 3 is 2.62 bits per heavy atom. The molecule has 0 radical (unpaired) electrons. The van der Waals surface area contributed by atoms with E-state index >= 15 is 0 Å². The Hall–Kier alpha value is -0.620. The second-order valence-electron chi connectivity index (χ2n) is 3.85. The minimum atomic E-state index is -2.93. The molecule has 0 aliphatic rings. The first-order valence-electron chi connectivity index (χ1n) is 4.80. The number of sulfone groups is 1. The molecular formula is C10H15BrN2O2S. The molecule has 0 spiro atoms. The number of rotatable bonds is 4. The van der Waals surface area contributed by atoms with Gasteiger partial charge in [0.15, 0.2) is 0 Å². The van der Waals surface area contributed by atoms with E-state index in [0.29, 0.717) is 6.54 Å². The lowest BCUT2D eigenvalue weighted by atomic mass is 10.3. The van der Waals surface area contributed by atoms with Crippen LogP contribution >= 0.6 is 15.9 Å². The third-order valence-electron chi connectivity index (χ3n) is 2.18. The van der Waals surface area contributed by atoms with Gasteiger partial charge in [-0.25, -0.2) is 13.4 Å². The summed E-state index contributed by atoms with van der Waals surface area (Å²) in [4.78, 5) is 6.11. The molecule has 0 unspecified atom stereocenters. The van der Waals surface area contributed by atoms with Crippen molar-refractivity contribution in [2.24, 2.45) is 0 Å². The summed E-state index contributed by atoms with van der Waals surface area (Å²) in [5.74, 6) is 0.951. The van der Waals surface area contributed by atoms with Crippen molar-refractivity contribution in [3.8, 4) is 0 Å². The molecule has 0 saturated carbocycles. The Morgan fingerprint density at radius 2 is 2.12 bits per heavy atom. The van der Waals surface area contributed by atoms with E-state index in [-0.39, 0.29) is 5.75 Å². The first-order valence-corrected chi connectivity index (χ1v) is 7.66. The van der Waals surface area contributed by atoms with E-state index < -0.39 is 9.84 Å². The fourth-order valence-corrected chi connectivity index (χ4v) is 2.39. The fourth-order valence-electron chi connectivity index (χ4n) is 1.34. The highest BCUT2D eigenvalue weighted by Gasteiger charge is 2.09. The number of hydrogen-bond donors (Lipinski definition) is 0. The van der Waals surface area contributed by atoms with Gasteiger partial charge in [-0.15, -0.1) is 0 Å². The molecule has 16 heavy (non-hydrogen) atoms. The van der Waals surface area contributed by atoms with E-state index in [4.69, 9.17) is 0 Å². The maximum Gasteiger partial charge on any atom is 0.149 e. The van der Waals surface area contributed by atoms with Crippen LogP contribution in [-0.4, -0.2) is 39.0 Å². The van der Waals surface area contributed by atoms with Crippen molar-refractivity contribution < 1.29 is 8.42 Å². The van der Waals surface area contributed by atoms with Gasteiger partial charge in [-0.3, -0.25) is 0 Å². The van der Waals surface area contributed by atoms with Crippen LogP contribution in [0.4, 0.5) is 5.82 Å². The molecule has 0 saturated heterocycles. The lowest BCUT2D eigenvalue weighted by Crippen LogP contribution is -2.26. The highest BCUT2D eigenvalue weighted by molar-refractivity contribution is 9.10. The van der Waals surface area contributed by atoms with Crippen LogP contribution in [0.5, 0.6) is 0 Å². The van der Waals surface area contributed by atoms with Crippen LogP contribution in [0.3, 0.4) is 0 Å². The third kappa shape index (κ3) is 4.09. The second-order valence-corrected chi connectivity index (χ2v) is 7.02. The first-order chi connectivity index (χ1) is 7.29. The summed E-state index contributed by atoms with van der Waals surface area (Å²) >= 11 is 3.34.